The van der Waals surface area contributed by atoms with Gasteiger partial charge in [-0.25, -0.2) is 9.79 Å². The fourth-order valence-electron chi connectivity index (χ4n) is 2.21. The molecule has 0 atom stereocenters. The third kappa shape index (κ3) is 4.34. The van der Waals surface area contributed by atoms with E-state index < -0.39 is 5.97 Å². The molecule has 1 aliphatic heterocycles. The summed E-state index contributed by atoms with van der Waals surface area (Å²) in [5.74, 6) is 0.347. The van der Waals surface area contributed by atoms with Gasteiger partial charge in [0.15, 0.2) is 5.70 Å². The topological polar surface area (TPSA) is 47.9 Å². The molecule has 3 rings (SSSR count). The summed E-state index contributed by atoms with van der Waals surface area (Å²) in [6.07, 6.45) is 1.64. The molecule has 0 amide bonds. The van der Waals surface area contributed by atoms with E-state index in [1.807, 2.05) is 31.2 Å². The fraction of sp³-hybridized carbons (Fsp3) is 0.100. The molecule has 0 spiro atoms. The lowest BCUT2D eigenvalue weighted by Crippen LogP contribution is -2.05. The molecule has 26 heavy (non-hydrogen) atoms. The Morgan fingerprint density at radius 1 is 1.23 bits per heavy atom. The highest BCUT2D eigenvalue weighted by Gasteiger charge is 2.25. The van der Waals surface area contributed by atoms with Crippen LogP contribution in [0.25, 0.3) is 6.08 Å². The molecule has 4 nitrogen and oxygen atoms in total. The molecule has 6 heteroatoms. The van der Waals surface area contributed by atoms with E-state index in [0.29, 0.717) is 22.2 Å². The van der Waals surface area contributed by atoms with Crippen LogP contribution < -0.4 is 4.74 Å². The van der Waals surface area contributed by atoms with Crippen molar-refractivity contribution in [3.8, 4) is 5.75 Å². The number of ether oxygens (including phenoxy) is 2. The van der Waals surface area contributed by atoms with E-state index in [1.54, 1.807) is 24.3 Å². The number of hydrogen-bond donors (Lipinski definition) is 0. The molecule has 0 N–H and O–H groups in total. The highest BCUT2D eigenvalue weighted by Crippen LogP contribution is 2.26. The maximum atomic E-state index is 12.1. The molecule has 0 aromatic heterocycles. The number of carbonyl (C=O) groups is 1. The lowest BCUT2D eigenvalue weighted by Gasteiger charge is -2.05. The average molecular weight is 388 g/mol. The SMILES string of the molecule is C=C(C)COc1ccc(/C=C2\N=C(c3ccc(Cl)cc3Cl)OC2=O)cc1. The average Bonchev–Trinajstić information content (AvgIpc) is 2.94. The molecular weight excluding hydrogens is 373 g/mol. The van der Waals surface area contributed by atoms with Gasteiger partial charge < -0.3 is 9.47 Å². The molecule has 0 fully saturated rings. The van der Waals surface area contributed by atoms with Crippen LogP contribution in [0.5, 0.6) is 5.75 Å². The Hall–Kier alpha value is -2.56. The van der Waals surface area contributed by atoms with Crippen LogP contribution in [0.15, 0.2) is 65.3 Å². The molecule has 1 heterocycles. The van der Waals surface area contributed by atoms with Gasteiger partial charge in [-0.3, -0.25) is 0 Å². The van der Waals surface area contributed by atoms with Crippen LogP contribution >= 0.6 is 23.2 Å². The predicted molar refractivity (Wildman–Crippen MR) is 104 cm³/mol. The summed E-state index contributed by atoms with van der Waals surface area (Å²) >= 11 is 12.0. The first-order chi connectivity index (χ1) is 12.4. The molecule has 0 radical (unpaired) electrons. The smallest absolute Gasteiger partial charge is 0.363 e. The molecule has 0 unspecified atom stereocenters. The van der Waals surface area contributed by atoms with Crippen LogP contribution in [0.1, 0.15) is 18.1 Å². The first-order valence-electron chi connectivity index (χ1n) is 7.77. The molecular formula is C20H15Cl2NO3. The van der Waals surface area contributed by atoms with Gasteiger partial charge in [0.05, 0.1) is 10.6 Å². The van der Waals surface area contributed by atoms with Crippen molar-refractivity contribution in [2.24, 2.45) is 4.99 Å². The van der Waals surface area contributed by atoms with Crippen molar-refractivity contribution in [1.82, 2.24) is 0 Å². The van der Waals surface area contributed by atoms with Gasteiger partial charge in [-0.15, -0.1) is 0 Å². The minimum absolute atomic E-state index is 0.157. The molecule has 0 saturated heterocycles. The third-order valence-corrected chi connectivity index (χ3v) is 4.00. The van der Waals surface area contributed by atoms with Gasteiger partial charge in [-0.1, -0.05) is 41.9 Å². The first kappa shape index (κ1) is 18.2. The summed E-state index contributed by atoms with van der Waals surface area (Å²) in [4.78, 5) is 16.3. The maximum absolute atomic E-state index is 12.1. The lowest BCUT2D eigenvalue weighted by atomic mass is 10.2. The minimum Gasteiger partial charge on any atom is -0.489 e. The van der Waals surface area contributed by atoms with Gasteiger partial charge in [0.1, 0.15) is 12.4 Å². The first-order valence-corrected chi connectivity index (χ1v) is 8.53. The van der Waals surface area contributed by atoms with Gasteiger partial charge in [0, 0.05) is 5.02 Å². The number of cyclic esters (lactones) is 1. The van der Waals surface area contributed by atoms with E-state index >= 15 is 0 Å². The fourth-order valence-corrected chi connectivity index (χ4v) is 2.70. The Bertz CT molecular complexity index is 931. The van der Waals surface area contributed by atoms with Gasteiger partial charge in [-0.2, -0.15) is 0 Å². The summed E-state index contributed by atoms with van der Waals surface area (Å²) < 4.78 is 10.8. The predicted octanol–water partition coefficient (Wildman–Crippen LogP) is 5.29. The number of rotatable bonds is 5. The number of hydrogen-bond acceptors (Lipinski definition) is 4. The summed E-state index contributed by atoms with van der Waals surface area (Å²) in [5, 5.41) is 0.859. The van der Waals surface area contributed by atoms with E-state index in [0.717, 1.165) is 16.9 Å². The van der Waals surface area contributed by atoms with Crippen LogP contribution in [0.2, 0.25) is 10.0 Å². The number of nitrogens with zero attached hydrogens (tertiary/aromatic N) is 1. The van der Waals surface area contributed by atoms with E-state index in [4.69, 9.17) is 32.7 Å². The van der Waals surface area contributed by atoms with Crippen LogP contribution in [-0.2, 0) is 9.53 Å². The van der Waals surface area contributed by atoms with Crippen LogP contribution in [-0.4, -0.2) is 18.5 Å². The van der Waals surface area contributed by atoms with Crippen molar-refractivity contribution >= 4 is 41.1 Å². The zero-order chi connectivity index (χ0) is 18.7. The molecule has 132 valence electrons. The lowest BCUT2D eigenvalue weighted by molar-refractivity contribution is -0.129. The Morgan fingerprint density at radius 3 is 2.62 bits per heavy atom. The molecule has 1 aliphatic rings. The normalized spacial score (nSPS) is 15.0. The van der Waals surface area contributed by atoms with Crippen molar-refractivity contribution in [1.29, 1.82) is 0 Å². The van der Waals surface area contributed by atoms with Crippen LogP contribution in [0, 0.1) is 0 Å². The molecule has 0 bridgehead atoms. The summed E-state index contributed by atoms with van der Waals surface area (Å²) in [7, 11) is 0. The van der Waals surface area contributed by atoms with Gasteiger partial charge in [-0.05, 0) is 54.5 Å². The number of esters is 1. The third-order valence-electron chi connectivity index (χ3n) is 3.45. The van der Waals surface area contributed by atoms with Gasteiger partial charge in [0.2, 0.25) is 5.90 Å². The van der Waals surface area contributed by atoms with Crippen molar-refractivity contribution in [2.45, 2.75) is 6.92 Å². The van der Waals surface area contributed by atoms with E-state index in [2.05, 4.69) is 11.6 Å². The molecule has 2 aromatic rings. The van der Waals surface area contributed by atoms with Gasteiger partial charge in [0.25, 0.3) is 0 Å². The minimum atomic E-state index is -0.534. The monoisotopic (exact) mass is 387 g/mol. The quantitative estimate of drug-likeness (QED) is 0.397. The van der Waals surface area contributed by atoms with Crippen molar-refractivity contribution in [2.75, 3.05) is 6.61 Å². The van der Waals surface area contributed by atoms with Crippen LogP contribution in [0.3, 0.4) is 0 Å². The summed E-state index contributed by atoms with van der Waals surface area (Å²) in [6.45, 7) is 6.15. The second kappa shape index (κ2) is 7.77. The highest BCUT2D eigenvalue weighted by atomic mass is 35.5. The van der Waals surface area contributed by atoms with Crippen LogP contribution in [0.4, 0.5) is 0 Å². The molecule has 2 aromatic carbocycles. The number of carbonyl (C=O) groups excluding carboxylic acids is 1. The number of benzene rings is 2. The zero-order valence-electron chi connectivity index (χ0n) is 14.0. The largest absolute Gasteiger partial charge is 0.489 e. The van der Waals surface area contributed by atoms with E-state index in [1.165, 1.54) is 0 Å². The highest BCUT2D eigenvalue weighted by molar-refractivity contribution is 6.37. The van der Waals surface area contributed by atoms with Gasteiger partial charge >= 0.3 is 5.97 Å². The second-order valence-electron chi connectivity index (χ2n) is 5.78. The van der Waals surface area contributed by atoms with E-state index in [9.17, 15) is 4.79 Å². The van der Waals surface area contributed by atoms with Crippen molar-refractivity contribution < 1.29 is 14.3 Å². The standard InChI is InChI=1S/C20H15Cl2NO3/c1-12(2)11-25-15-6-3-13(4-7-15)9-18-20(24)26-19(23-18)16-8-5-14(21)10-17(16)22/h3-10H,1,11H2,2H3/b18-9-. The molecule has 0 saturated carbocycles. The molecule has 0 aliphatic carbocycles. The Labute approximate surface area is 161 Å². The van der Waals surface area contributed by atoms with Crippen molar-refractivity contribution in [3.63, 3.8) is 0 Å². The Balaban J connectivity index is 1.81. The zero-order valence-corrected chi connectivity index (χ0v) is 15.5. The summed E-state index contributed by atoms with van der Waals surface area (Å²) in [5.41, 5.74) is 2.44. The van der Waals surface area contributed by atoms with Crippen molar-refractivity contribution in [3.05, 3.63) is 81.5 Å². The Kier molecular flexibility index (Phi) is 5.45. The maximum Gasteiger partial charge on any atom is 0.363 e. The Morgan fingerprint density at radius 2 is 1.96 bits per heavy atom. The number of halogens is 2. The van der Waals surface area contributed by atoms with E-state index in [-0.39, 0.29) is 11.6 Å². The summed E-state index contributed by atoms with van der Waals surface area (Å²) in [6, 6.07) is 12.2. The number of aliphatic imine (C=N–C) groups is 1. The second-order valence-corrected chi connectivity index (χ2v) is 6.62.